The van der Waals surface area contributed by atoms with Crippen molar-refractivity contribution in [2.45, 2.75) is 13.5 Å². The molecule has 0 bridgehead atoms. The SMILES string of the molecule is COc1ccc(C)c2sc(N(Cc3ccco3)C(=O)c3ccc(C#N)cc3)nc12. The lowest BCUT2D eigenvalue weighted by Gasteiger charge is -2.18. The summed E-state index contributed by atoms with van der Waals surface area (Å²) in [5, 5.41) is 9.56. The lowest BCUT2D eigenvalue weighted by Crippen LogP contribution is -2.30. The summed E-state index contributed by atoms with van der Waals surface area (Å²) >= 11 is 1.43. The van der Waals surface area contributed by atoms with Gasteiger partial charge in [-0.1, -0.05) is 17.4 Å². The number of fused-ring (bicyclic) bond motifs is 1. The van der Waals surface area contributed by atoms with Gasteiger partial charge in [-0.05, 0) is 55.0 Å². The highest BCUT2D eigenvalue weighted by Gasteiger charge is 2.24. The number of thiazole rings is 1. The van der Waals surface area contributed by atoms with Gasteiger partial charge in [0.15, 0.2) is 5.13 Å². The maximum atomic E-state index is 13.3. The topological polar surface area (TPSA) is 79.4 Å². The number of ether oxygens (including phenoxy) is 1. The van der Waals surface area contributed by atoms with Gasteiger partial charge in [0, 0.05) is 5.56 Å². The molecule has 0 fully saturated rings. The first-order valence-corrected chi connectivity index (χ1v) is 9.71. The average molecular weight is 403 g/mol. The van der Waals surface area contributed by atoms with Gasteiger partial charge in [-0.15, -0.1) is 0 Å². The first-order valence-electron chi connectivity index (χ1n) is 8.89. The standard InChI is InChI=1S/C22H17N3O3S/c1-14-5-10-18(27-2)19-20(14)29-22(24-19)25(13-17-4-3-11-28-17)21(26)16-8-6-15(12-23)7-9-16/h3-11H,13H2,1-2H3. The van der Waals surface area contributed by atoms with E-state index in [9.17, 15) is 4.79 Å². The Hall–Kier alpha value is -3.63. The van der Waals surface area contributed by atoms with Crippen LogP contribution in [0.5, 0.6) is 5.75 Å². The van der Waals surface area contributed by atoms with Crippen molar-refractivity contribution >= 4 is 32.6 Å². The van der Waals surface area contributed by atoms with E-state index in [2.05, 4.69) is 6.07 Å². The van der Waals surface area contributed by atoms with Crippen molar-refractivity contribution < 1.29 is 13.9 Å². The van der Waals surface area contributed by atoms with Crippen molar-refractivity contribution in [3.8, 4) is 11.8 Å². The van der Waals surface area contributed by atoms with Crippen LogP contribution in [0.4, 0.5) is 5.13 Å². The van der Waals surface area contributed by atoms with E-state index in [0.717, 1.165) is 15.8 Å². The molecule has 2 aromatic heterocycles. The Kier molecular flexibility index (Phi) is 5.02. The van der Waals surface area contributed by atoms with Gasteiger partial charge < -0.3 is 9.15 Å². The zero-order valence-corrected chi connectivity index (χ0v) is 16.7. The number of amides is 1. The maximum absolute atomic E-state index is 13.3. The highest BCUT2D eigenvalue weighted by molar-refractivity contribution is 7.22. The van der Waals surface area contributed by atoms with Gasteiger partial charge in [0.1, 0.15) is 17.0 Å². The quantitative estimate of drug-likeness (QED) is 0.472. The molecule has 2 aromatic carbocycles. The molecular weight excluding hydrogens is 386 g/mol. The molecule has 144 valence electrons. The number of nitriles is 1. The summed E-state index contributed by atoms with van der Waals surface area (Å²) in [5.74, 6) is 1.09. The lowest BCUT2D eigenvalue weighted by atomic mass is 10.1. The number of hydrogen-bond acceptors (Lipinski definition) is 6. The van der Waals surface area contributed by atoms with Crippen LogP contribution in [-0.2, 0) is 6.54 Å². The van der Waals surface area contributed by atoms with Gasteiger partial charge in [-0.25, -0.2) is 4.98 Å². The van der Waals surface area contributed by atoms with Gasteiger partial charge in [0.25, 0.3) is 5.91 Å². The first-order chi connectivity index (χ1) is 14.1. The molecule has 6 nitrogen and oxygen atoms in total. The molecular formula is C22H17N3O3S. The second-order valence-corrected chi connectivity index (χ2v) is 7.40. The van der Waals surface area contributed by atoms with E-state index in [1.807, 2.05) is 25.1 Å². The monoisotopic (exact) mass is 403 g/mol. The predicted molar refractivity (Wildman–Crippen MR) is 111 cm³/mol. The summed E-state index contributed by atoms with van der Waals surface area (Å²) < 4.78 is 11.9. The Morgan fingerprint density at radius 1 is 1.24 bits per heavy atom. The number of benzene rings is 2. The first kappa shape index (κ1) is 18.7. The molecule has 0 aliphatic heterocycles. The third kappa shape index (κ3) is 3.58. The molecule has 1 amide bonds. The molecule has 0 spiro atoms. The van der Waals surface area contributed by atoms with E-state index in [0.29, 0.717) is 27.8 Å². The summed E-state index contributed by atoms with van der Waals surface area (Å²) in [6.07, 6.45) is 1.57. The van der Waals surface area contributed by atoms with Crippen LogP contribution in [-0.4, -0.2) is 18.0 Å². The van der Waals surface area contributed by atoms with E-state index in [4.69, 9.17) is 19.4 Å². The number of aromatic nitrogens is 1. The molecule has 0 atom stereocenters. The third-order valence-corrected chi connectivity index (χ3v) is 5.76. The van der Waals surface area contributed by atoms with Gasteiger partial charge in [0.05, 0.1) is 36.3 Å². The van der Waals surface area contributed by atoms with E-state index < -0.39 is 0 Å². The third-order valence-electron chi connectivity index (χ3n) is 4.54. The molecule has 0 unspecified atom stereocenters. The van der Waals surface area contributed by atoms with Gasteiger partial charge in [-0.3, -0.25) is 9.69 Å². The second kappa shape index (κ2) is 7.78. The zero-order chi connectivity index (χ0) is 20.4. The normalized spacial score (nSPS) is 10.7. The fourth-order valence-electron chi connectivity index (χ4n) is 3.01. The number of nitrogens with zero attached hydrogens (tertiary/aromatic N) is 3. The Bertz CT molecular complexity index is 1200. The summed E-state index contributed by atoms with van der Waals surface area (Å²) in [6.45, 7) is 2.25. The van der Waals surface area contributed by atoms with Crippen molar-refractivity contribution in [1.82, 2.24) is 4.98 Å². The summed E-state index contributed by atoms with van der Waals surface area (Å²) in [4.78, 5) is 19.6. The molecule has 0 aliphatic carbocycles. The van der Waals surface area contributed by atoms with Crippen LogP contribution in [0.3, 0.4) is 0 Å². The number of hydrogen-bond donors (Lipinski definition) is 0. The largest absolute Gasteiger partial charge is 0.494 e. The van der Waals surface area contributed by atoms with E-state index in [1.165, 1.54) is 11.3 Å². The maximum Gasteiger partial charge on any atom is 0.260 e. The molecule has 29 heavy (non-hydrogen) atoms. The molecule has 4 aromatic rings. The number of methoxy groups -OCH3 is 1. The minimum atomic E-state index is -0.221. The van der Waals surface area contributed by atoms with Crippen molar-refractivity contribution in [3.05, 3.63) is 77.2 Å². The number of carbonyl (C=O) groups is 1. The molecule has 0 radical (unpaired) electrons. The predicted octanol–water partition coefficient (Wildman–Crippen LogP) is 4.93. The minimum Gasteiger partial charge on any atom is -0.494 e. The number of aryl methyl sites for hydroxylation is 1. The van der Waals surface area contributed by atoms with Crippen LogP contribution in [0.15, 0.2) is 59.2 Å². The van der Waals surface area contributed by atoms with E-state index in [1.54, 1.807) is 48.6 Å². The smallest absolute Gasteiger partial charge is 0.260 e. The average Bonchev–Trinajstić information content (AvgIpc) is 3.42. The van der Waals surface area contributed by atoms with Crippen molar-refractivity contribution in [1.29, 1.82) is 5.26 Å². The van der Waals surface area contributed by atoms with Crippen LogP contribution >= 0.6 is 11.3 Å². The van der Waals surface area contributed by atoms with E-state index in [-0.39, 0.29) is 12.5 Å². The number of anilines is 1. The fraction of sp³-hybridized carbons (Fsp3) is 0.136. The van der Waals surface area contributed by atoms with Crippen LogP contribution < -0.4 is 9.64 Å². The van der Waals surface area contributed by atoms with Crippen LogP contribution in [0.2, 0.25) is 0 Å². The second-order valence-electron chi connectivity index (χ2n) is 6.42. The van der Waals surface area contributed by atoms with Gasteiger partial charge in [0.2, 0.25) is 0 Å². The number of furan rings is 1. The Balaban J connectivity index is 1.80. The van der Waals surface area contributed by atoms with Crippen molar-refractivity contribution in [2.75, 3.05) is 12.0 Å². The molecule has 0 aliphatic rings. The molecule has 0 saturated carbocycles. The number of carbonyl (C=O) groups excluding carboxylic acids is 1. The van der Waals surface area contributed by atoms with Gasteiger partial charge in [-0.2, -0.15) is 5.26 Å². The van der Waals surface area contributed by atoms with Gasteiger partial charge >= 0.3 is 0 Å². The lowest BCUT2D eigenvalue weighted by molar-refractivity contribution is 0.0983. The Morgan fingerprint density at radius 2 is 2.03 bits per heavy atom. The van der Waals surface area contributed by atoms with Crippen molar-refractivity contribution in [2.24, 2.45) is 0 Å². The summed E-state index contributed by atoms with van der Waals surface area (Å²) in [5.41, 5.74) is 2.76. The highest BCUT2D eigenvalue weighted by atomic mass is 32.1. The van der Waals surface area contributed by atoms with Crippen molar-refractivity contribution in [3.63, 3.8) is 0 Å². The van der Waals surface area contributed by atoms with Crippen LogP contribution in [0.1, 0.15) is 27.2 Å². The molecule has 4 rings (SSSR count). The molecule has 0 saturated heterocycles. The summed E-state index contributed by atoms with van der Waals surface area (Å²) in [6, 6.07) is 16.1. The molecule has 0 N–H and O–H groups in total. The summed E-state index contributed by atoms with van der Waals surface area (Å²) in [7, 11) is 1.60. The highest BCUT2D eigenvalue weighted by Crippen LogP contribution is 2.37. The van der Waals surface area contributed by atoms with E-state index >= 15 is 0 Å². The Labute approximate surface area is 171 Å². The molecule has 7 heteroatoms. The van der Waals surface area contributed by atoms with Crippen LogP contribution in [0.25, 0.3) is 10.2 Å². The van der Waals surface area contributed by atoms with Crippen LogP contribution in [0, 0.1) is 18.3 Å². The molecule has 2 heterocycles. The fourth-order valence-corrected chi connectivity index (χ4v) is 4.06. The Morgan fingerprint density at radius 3 is 2.69 bits per heavy atom. The number of rotatable bonds is 5. The zero-order valence-electron chi connectivity index (χ0n) is 15.9. The minimum absolute atomic E-state index is 0.221.